The van der Waals surface area contributed by atoms with Gasteiger partial charge in [-0.3, -0.25) is 4.90 Å². The average Bonchev–Trinajstić information content (AvgIpc) is 2.84. The summed E-state index contributed by atoms with van der Waals surface area (Å²) in [5.74, 6) is 0.674. The predicted molar refractivity (Wildman–Crippen MR) is 128 cm³/mol. The largest absolute Gasteiger partial charge is 0.493 e. The third kappa shape index (κ3) is 5.02. The first-order valence-corrected chi connectivity index (χ1v) is 11.6. The number of hydrogen-bond acceptors (Lipinski definition) is 6. The van der Waals surface area contributed by atoms with Gasteiger partial charge < -0.3 is 24.8 Å². The Balaban J connectivity index is 1.69. The molecule has 0 aliphatic carbocycles. The summed E-state index contributed by atoms with van der Waals surface area (Å²) in [5.41, 5.74) is 4.26. The zero-order valence-corrected chi connectivity index (χ0v) is 19.8. The predicted octanol–water partition coefficient (Wildman–Crippen LogP) is 3.32. The molecule has 0 saturated heterocycles. The zero-order chi connectivity index (χ0) is 24.1. The van der Waals surface area contributed by atoms with Gasteiger partial charge in [-0.2, -0.15) is 0 Å². The molecule has 0 spiro atoms. The van der Waals surface area contributed by atoms with Crippen LogP contribution in [0, 0.1) is 0 Å². The van der Waals surface area contributed by atoms with Gasteiger partial charge in [-0.05, 0) is 49.1 Å². The van der Waals surface area contributed by atoms with Gasteiger partial charge in [0.2, 0.25) is 0 Å². The summed E-state index contributed by atoms with van der Waals surface area (Å²) >= 11 is 0. The number of carbonyl (C=O) groups is 2. The van der Waals surface area contributed by atoms with E-state index in [-0.39, 0.29) is 12.6 Å². The van der Waals surface area contributed by atoms with Gasteiger partial charge in [0, 0.05) is 25.3 Å². The first-order valence-electron chi connectivity index (χ1n) is 11.6. The molecule has 8 nitrogen and oxygen atoms in total. The molecule has 2 aromatic rings. The lowest BCUT2D eigenvalue weighted by atomic mass is 9.94. The number of esters is 1. The molecule has 2 aliphatic heterocycles. The van der Waals surface area contributed by atoms with Crippen LogP contribution < -0.4 is 20.1 Å². The van der Waals surface area contributed by atoms with Gasteiger partial charge in [0.05, 0.1) is 31.9 Å². The number of carbonyl (C=O) groups excluding carboxylic acids is 2. The van der Waals surface area contributed by atoms with Crippen molar-refractivity contribution in [3.05, 3.63) is 70.4 Å². The molecule has 2 amide bonds. The highest BCUT2D eigenvalue weighted by molar-refractivity contribution is 5.95. The third-order valence-corrected chi connectivity index (χ3v) is 6.06. The van der Waals surface area contributed by atoms with E-state index >= 15 is 0 Å². The van der Waals surface area contributed by atoms with E-state index in [9.17, 15) is 9.59 Å². The van der Waals surface area contributed by atoms with Crippen LogP contribution in [0.5, 0.6) is 11.5 Å². The Morgan fingerprint density at radius 3 is 2.62 bits per heavy atom. The minimum atomic E-state index is -0.676. The number of benzene rings is 2. The lowest BCUT2D eigenvalue weighted by Crippen LogP contribution is -2.49. The summed E-state index contributed by atoms with van der Waals surface area (Å²) in [7, 11) is 1.56. The first-order chi connectivity index (χ1) is 16.5. The molecule has 0 aromatic heterocycles. The van der Waals surface area contributed by atoms with Gasteiger partial charge in [0.25, 0.3) is 0 Å². The number of amides is 2. The van der Waals surface area contributed by atoms with Gasteiger partial charge >= 0.3 is 12.0 Å². The maximum absolute atomic E-state index is 13.1. The molecule has 2 aliphatic rings. The van der Waals surface area contributed by atoms with Crippen molar-refractivity contribution in [3.63, 3.8) is 0 Å². The van der Waals surface area contributed by atoms with Gasteiger partial charge in [-0.1, -0.05) is 30.3 Å². The highest BCUT2D eigenvalue weighted by atomic mass is 16.5. The maximum Gasteiger partial charge on any atom is 0.338 e. The van der Waals surface area contributed by atoms with E-state index in [4.69, 9.17) is 14.2 Å². The van der Waals surface area contributed by atoms with Crippen LogP contribution in [-0.2, 0) is 22.5 Å². The fourth-order valence-electron chi connectivity index (χ4n) is 4.49. The molecule has 2 N–H and O–H groups in total. The molecule has 2 aromatic carbocycles. The maximum atomic E-state index is 13.1. The summed E-state index contributed by atoms with van der Waals surface area (Å²) in [6.07, 6.45) is 0.921. The average molecular weight is 466 g/mol. The lowest BCUT2D eigenvalue weighted by Gasteiger charge is -2.34. The molecular formula is C26H31N3O5. The SMILES string of the molecule is CCOC(=O)C1=C(CN2CCc3ccccc3C2)NC(=O)NC1c1ccc(OCC)c(OC)c1. The molecule has 8 heteroatoms. The van der Waals surface area contributed by atoms with E-state index < -0.39 is 12.0 Å². The van der Waals surface area contributed by atoms with Crippen LogP contribution in [0.4, 0.5) is 4.79 Å². The second-order valence-corrected chi connectivity index (χ2v) is 8.22. The minimum Gasteiger partial charge on any atom is -0.493 e. The summed E-state index contributed by atoms with van der Waals surface area (Å²) in [6.45, 7) is 6.41. The Bertz CT molecular complexity index is 1100. The molecule has 0 radical (unpaired) electrons. The van der Waals surface area contributed by atoms with Crippen LogP contribution in [0.1, 0.15) is 36.6 Å². The highest BCUT2D eigenvalue weighted by Crippen LogP contribution is 2.35. The van der Waals surface area contributed by atoms with Crippen molar-refractivity contribution in [1.29, 1.82) is 0 Å². The van der Waals surface area contributed by atoms with Crippen molar-refractivity contribution in [1.82, 2.24) is 15.5 Å². The fraction of sp³-hybridized carbons (Fsp3) is 0.385. The molecule has 0 saturated carbocycles. The monoisotopic (exact) mass is 465 g/mol. The molecule has 1 unspecified atom stereocenters. The van der Waals surface area contributed by atoms with E-state index in [1.807, 2.05) is 19.1 Å². The minimum absolute atomic E-state index is 0.236. The first kappa shape index (κ1) is 23.6. The van der Waals surface area contributed by atoms with E-state index in [1.54, 1.807) is 26.2 Å². The van der Waals surface area contributed by atoms with Crippen LogP contribution in [0.3, 0.4) is 0 Å². The summed E-state index contributed by atoms with van der Waals surface area (Å²) in [4.78, 5) is 28.0. The number of methoxy groups -OCH3 is 1. The van der Waals surface area contributed by atoms with E-state index in [2.05, 4.69) is 33.7 Å². The number of hydrogen-bond donors (Lipinski definition) is 2. The molecule has 4 rings (SSSR count). The van der Waals surface area contributed by atoms with Crippen LogP contribution in [0.15, 0.2) is 53.7 Å². The van der Waals surface area contributed by atoms with Crippen molar-refractivity contribution in [2.45, 2.75) is 32.9 Å². The normalized spacial score (nSPS) is 18.0. The summed E-state index contributed by atoms with van der Waals surface area (Å²) < 4.78 is 16.5. The molecular weight excluding hydrogens is 434 g/mol. The highest BCUT2D eigenvalue weighted by Gasteiger charge is 2.35. The van der Waals surface area contributed by atoms with Crippen LogP contribution >= 0.6 is 0 Å². The number of nitrogens with zero attached hydrogens (tertiary/aromatic N) is 1. The number of urea groups is 1. The Hall–Kier alpha value is -3.52. The molecule has 2 heterocycles. The quantitative estimate of drug-likeness (QED) is 0.582. The van der Waals surface area contributed by atoms with Crippen LogP contribution in [0.25, 0.3) is 0 Å². The van der Waals surface area contributed by atoms with Crippen molar-refractivity contribution >= 4 is 12.0 Å². The smallest absolute Gasteiger partial charge is 0.338 e. The molecule has 180 valence electrons. The van der Waals surface area contributed by atoms with E-state index in [1.165, 1.54) is 11.1 Å². The third-order valence-electron chi connectivity index (χ3n) is 6.06. The van der Waals surface area contributed by atoms with E-state index in [0.29, 0.717) is 41.5 Å². The summed E-state index contributed by atoms with van der Waals surface area (Å²) in [5, 5.41) is 5.75. The Labute approximate surface area is 199 Å². The topological polar surface area (TPSA) is 89.1 Å². The second-order valence-electron chi connectivity index (χ2n) is 8.22. The van der Waals surface area contributed by atoms with Crippen LogP contribution in [0.2, 0.25) is 0 Å². The number of fused-ring (bicyclic) bond motifs is 1. The molecule has 0 bridgehead atoms. The Morgan fingerprint density at radius 2 is 1.88 bits per heavy atom. The van der Waals surface area contributed by atoms with Crippen molar-refractivity contribution in [2.75, 3.05) is 33.4 Å². The fourth-order valence-corrected chi connectivity index (χ4v) is 4.49. The van der Waals surface area contributed by atoms with Gasteiger partial charge in [-0.15, -0.1) is 0 Å². The van der Waals surface area contributed by atoms with Gasteiger partial charge in [0.1, 0.15) is 0 Å². The Kier molecular flexibility index (Phi) is 7.37. The van der Waals surface area contributed by atoms with E-state index in [0.717, 1.165) is 19.5 Å². The second kappa shape index (κ2) is 10.6. The van der Waals surface area contributed by atoms with Crippen LogP contribution in [-0.4, -0.2) is 50.3 Å². The molecule has 1 atom stereocenters. The number of rotatable bonds is 8. The number of nitrogens with one attached hydrogen (secondary N) is 2. The van der Waals surface area contributed by atoms with Crippen molar-refractivity contribution in [3.8, 4) is 11.5 Å². The zero-order valence-electron chi connectivity index (χ0n) is 19.8. The molecule has 34 heavy (non-hydrogen) atoms. The summed E-state index contributed by atoms with van der Waals surface area (Å²) in [6, 6.07) is 12.7. The van der Waals surface area contributed by atoms with Gasteiger partial charge in [-0.25, -0.2) is 9.59 Å². The standard InChI is InChI=1S/C26H31N3O5/c1-4-33-21-11-10-18(14-22(21)32-3)24-23(25(30)34-5-2)20(27-26(31)28-24)16-29-13-12-17-8-6-7-9-19(17)15-29/h6-11,14,24H,4-5,12-13,15-16H2,1-3H3,(H2,27,28,31). The van der Waals surface area contributed by atoms with Gasteiger partial charge in [0.15, 0.2) is 11.5 Å². The van der Waals surface area contributed by atoms with Crippen molar-refractivity contribution < 1.29 is 23.8 Å². The molecule has 0 fully saturated rings. The Morgan fingerprint density at radius 1 is 1.09 bits per heavy atom. The lowest BCUT2D eigenvalue weighted by molar-refractivity contribution is -0.139. The number of ether oxygens (including phenoxy) is 3. The van der Waals surface area contributed by atoms with Crippen molar-refractivity contribution in [2.24, 2.45) is 0 Å².